The summed E-state index contributed by atoms with van der Waals surface area (Å²) < 4.78 is 0. The molecule has 5 heteroatoms. The lowest BCUT2D eigenvalue weighted by atomic mass is 10.0. The fourth-order valence-electron chi connectivity index (χ4n) is 2.38. The highest BCUT2D eigenvalue weighted by molar-refractivity contribution is 5.98. The topological polar surface area (TPSA) is 90.7 Å². The first-order valence-corrected chi connectivity index (χ1v) is 6.63. The van der Waals surface area contributed by atoms with Gasteiger partial charge in [-0.3, -0.25) is 0 Å². The molecule has 0 amide bonds. The van der Waals surface area contributed by atoms with Gasteiger partial charge in [-0.1, -0.05) is 12.1 Å². The van der Waals surface area contributed by atoms with Gasteiger partial charge in [0.15, 0.2) is 5.65 Å². The Morgan fingerprint density at radius 1 is 1.00 bits per heavy atom. The van der Waals surface area contributed by atoms with Gasteiger partial charge in [0.25, 0.3) is 0 Å². The molecule has 0 saturated heterocycles. The minimum absolute atomic E-state index is 0.466. The van der Waals surface area contributed by atoms with Crippen LogP contribution in [0.1, 0.15) is 17.0 Å². The number of aryl methyl sites for hydroxylation is 2. The minimum atomic E-state index is 0.466. The summed E-state index contributed by atoms with van der Waals surface area (Å²) in [5.74, 6) is 1.11. The van der Waals surface area contributed by atoms with Crippen LogP contribution in [0, 0.1) is 13.8 Å². The normalized spacial score (nSPS) is 11.3. The number of aromatic nitrogens is 3. The lowest BCUT2D eigenvalue weighted by molar-refractivity contribution is 0.879. The summed E-state index contributed by atoms with van der Waals surface area (Å²) in [4.78, 5) is 13.4. The molecule has 0 unspecified atom stereocenters. The molecule has 2 aromatic heterocycles. The van der Waals surface area contributed by atoms with E-state index in [-0.39, 0.29) is 0 Å². The second kappa shape index (κ2) is 4.68. The van der Waals surface area contributed by atoms with Crippen molar-refractivity contribution in [1.82, 2.24) is 15.0 Å². The summed E-state index contributed by atoms with van der Waals surface area (Å²) in [6.45, 7) is 4.61. The van der Waals surface area contributed by atoms with Crippen LogP contribution in [0.15, 0.2) is 18.2 Å². The Bertz CT molecular complexity index is 810. The number of nitrogens with two attached hydrogens (primary N) is 2. The summed E-state index contributed by atoms with van der Waals surface area (Å²) in [5, 5.41) is 1.89. The van der Waals surface area contributed by atoms with Gasteiger partial charge in [0.05, 0.1) is 10.9 Å². The predicted molar refractivity (Wildman–Crippen MR) is 81.5 cm³/mol. The second-order valence-corrected chi connectivity index (χ2v) is 5.02. The Hall–Kier alpha value is -2.27. The fraction of sp³-hybridized carbons (Fsp3) is 0.267. The molecule has 0 atom stereocenters. The maximum absolute atomic E-state index is 6.03. The average molecular weight is 267 g/mol. The number of pyridine rings is 1. The van der Waals surface area contributed by atoms with E-state index in [0.717, 1.165) is 21.9 Å². The highest BCUT2D eigenvalue weighted by atomic mass is 15.0. The number of fused-ring (bicyclic) bond motifs is 2. The molecule has 0 saturated carbocycles. The van der Waals surface area contributed by atoms with Gasteiger partial charge in [-0.05, 0) is 37.6 Å². The molecule has 0 fully saturated rings. The zero-order chi connectivity index (χ0) is 14.3. The number of nitrogens with zero attached hydrogens (tertiary/aromatic N) is 3. The van der Waals surface area contributed by atoms with Crippen LogP contribution in [0.5, 0.6) is 0 Å². The molecule has 0 aliphatic heterocycles. The molecule has 5 nitrogen and oxygen atoms in total. The van der Waals surface area contributed by atoms with E-state index in [0.29, 0.717) is 30.3 Å². The van der Waals surface area contributed by atoms with Gasteiger partial charge < -0.3 is 11.5 Å². The SMILES string of the molecule is Cc1ccc(C)c2nc3nc(CCN)nc(N)c3cc12. The number of rotatable bonds is 2. The Morgan fingerprint density at radius 2 is 1.75 bits per heavy atom. The van der Waals surface area contributed by atoms with Crippen LogP contribution in [0.3, 0.4) is 0 Å². The Labute approximate surface area is 117 Å². The standard InChI is InChI=1S/C15H17N5/c1-8-3-4-9(2)13-10(8)7-11-14(17)18-12(5-6-16)19-15(11)20-13/h3-4,7H,5-6,16H2,1-2H3,(H2,17,18,19,20). The third kappa shape index (κ3) is 1.96. The van der Waals surface area contributed by atoms with Crippen molar-refractivity contribution in [1.29, 1.82) is 0 Å². The summed E-state index contributed by atoms with van der Waals surface area (Å²) in [6.07, 6.45) is 0.604. The highest BCUT2D eigenvalue weighted by Crippen LogP contribution is 2.26. The predicted octanol–water partition coefficient (Wildman–Crippen LogP) is 1.88. The molecule has 3 rings (SSSR count). The lowest BCUT2D eigenvalue weighted by Crippen LogP contribution is -2.09. The van der Waals surface area contributed by atoms with Gasteiger partial charge in [-0.2, -0.15) is 0 Å². The van der Waals surface area contributed by atoms with Gasteiger partial charge in [0, 0.05) is 11.8 Å². The molecule has 0 spiro atoms. The van der Waals surface area contributed by atoms with Gasteiger partial charge in [0.2, 0.25) is 0 Å². The lowest BCUT2D eigenvalue weighted by Gasteiger charge is -2.09. The van der Waals surface area contributed by atoms with Gasteiger partial charge >= 0.3 is 0 Å². The van der Waals surface area contributed by atoms with Crippen molar-refractivity contribution in [3.63, 3.8) is 0 Å². The maximum Gasteiger partial charge on any atom is 0.165 e. The molecule has 2 heterocycles. The molecule has 0 aliphatic rings. The van der Waals surface area contributed by atoms with Gasteiger partial charge in [-0.15, -0.1) is 0 Å². The molecule has 0 bridgehead atoms. The van der Waals surface area contributed by atoms with E-state index in [1.54, 1.807) is 0 Å². The number of anilines is 1. The Balaban J connectivity index is 2.39. The maximum atomic E-state index is 6.03. The number of hydrogen-bond donors (Lipinski definition) is 2. The molecule has 1 aromatic carbocycles. The Morgan fingerprint density at radius 3 is 2.50 bits per heavy atom. The number of benzene rings is 1. The third-order valence-electron chi connectivity index (χ3n) is 3.51. The van der Waals surface area contributed by atoms with Crippen molar-refractivity contribution in [3.8, 4) is 0 Å². The average Bonchev–Trinajstić information content (AvgIpc) is 2.42. The van der Waals surface area contributed by atoms with Crippen LogP contribution in [0.4, 0.5) is 5.82 Å². The molecular formula is C15H17N5. The zero-order valence-electron chi connectivity index (χ0n) is 11.6. The molecular weight excluding hydrogens is 250 g/mol. The van der Waals surface area contributed by atoms with E-state index in [4.69, 9.17) is 11.5 Å². The van der Waals surface area contributed by atoms with Crippen molar-refractivity contribution in [2.45, 2.75) is 20.3 Å². The molecule has 4 N–H and O–H groups in total. The third-order valence-corrected chi connectivity index (χ3v) is 3.51. The van der Waals surface area contributed by atoms with Crippen LogP contribution in [-0.4, -0.2) is 21.5 Å². The monoisotopic (exact) mass is 267 g/mol. The van der Waals surface area contributed by atoms with E-state index in [1.807, 2.05) is 13.0 Å². The number of nitrogen functional groups attached to an aromatic ring is 1. The molecule has 20 heavy (non-hydrogen) atoms. The summed E-state index contributed by atoms with van der Waals surface area (Å²) in [7, 11) is 0. The first kappa shape index (κ1) is 12.7. The molecule has 3 aromatic rings. The molecule has 0 aliphatic carbocycles. The van der Waals surface area contributed by atoms with Crippen molar-refractivity contribution in [2.75, 3.05) is 12.3 Å². The molecule has 102 valence electrons. The van der Waals surface area contributed by atoms with E-state index < -0.39 is 0 Å². The first-order chi connectivity index (χ1) is 9.60. The zero-order valence-corrected chi connectivity index (χ0v) is 11.6. The molecule has 0 radical (unpaired) electrons. The second-order valence-electron chi connectivity index (χ2n) is 5.02. The van der Waals surface area contributed by atoms with Crippen molar-refractivity contribution >= 4 is 27.8 Å². The fourth-order valence-corrected chi connectivity index (χ4v) is 2.38. The van der Waals surface area contributed by atoms with Crippen molar-refractivity contribution < 1.29 is 0 Å². The Kier molecular flexibility index (Phi) is 2.99. The van der Waals surface area contributed by atoms with E-state index in [9.17, 15) is 0 Å². The van der Waals surface area contributed by atoms with Crippen LogP contribution in [-0.2, 0) is 6.42 Å². The van der Waals surface area contributed by atoms with E-state index >= 15 is 0 Å². The number of hydrogen-bond acceptors (Lipinski definition) is 5. The van der Waals surface area contributed by atoms with Crippen LogP contribution < -0.4 is 11.5 Å². The van der Waals surface area contributed by atoms with Crippen molar-refractivity contribution in [3.05, 3.63) is 35.2 Å². The van der Waals surface area contributed by atoms with E-state index in [1.165, 1.54) is 5.56 Å². The smallest absolute Gasteiger partial charge is 0.165 e. The quantitative estimate of drug-likeness (QED) is 0.692. The van der Waals surface area contributed by atoms with Crippen molar-refractivity contribution in [2.24, 2.45) is 5.73 Å². The van der Waals surface area contributed by atoms with Crippen LogP contribution in [0.2, 0.25) is 0 Å². The van der Waals surface area contributed by atoms with E-state index in [2.05, 4.69) is 34.0 Å². The summed E-state index contributed by atoms with van der Waals surface area (Å²) >= 11 is 0. The van der Waals surface area contributed by atoms with Gasteiger partial charge in [-0.25, -0.2) is 15.0 Å². The van der Waals surface area contributed by atoms with Gasteiger partial charge in [0.1, 0.15) is 11.6 Å². The summed E-state index contributed by atoms with van der Waals surface area (Å²) in [5.41, 5.74) is 15.5. The highest BCUT2D eigenvalue weighted by Gasteiger charge is 2.10. The summed E-state index contributed by atoms with van der Waals surface area (Å²) in [6, 6.07) is 6.19. The van der Waals surface area contributed by atoms with Crippen LogP contribution >= 0.6 is 0 Å². The first-order valence-electron chi connectivity index (χ1n) is 6.63. The largest absolute Gasteiger partial charge is 0.383 e. The minimum Gasteiger partial charge on any atom is -0.383 e. The van der Waals surface area contributed by atoms with Crippen LogP contribution in [0.25, 0.3) is 21.9 Å².